The normalized spacial score (nSPS) is 30.8. The number of likely N-dealkylation sites (tertiary alicyclic amines) is 1. The zero-order valence-corrected chi connectivity index (χ0v) is 7.79. The molecule has 0 aliphatic carbocycles. The van der Waals surface area contributed by atoms with Crippen LogP contribution in [-0.4, -0.2) is 34.9 Å². The van der Waals surface area contributed by atoms with Gasteiger partial charge >= 0.3 is 0 Å². The second-order valence-corrected chi connectivity index (χ2v) is 3.48. The van der Waals surface area contributed by atoms with Gasteiger partial charge in [-0.1, -0.05) is 0 Å². The van der Waals surface area contributed by atoms with Crippen molar-refractivity contribution in [3.8, 4) is 0 Å². The van der Waals surface area contributed by atoms with Crippen LogP contribution in [0.5, 0.6) is 0 Å². The summed E-state index contributed by atoms with van der Waals surface area (Å²) in [5.41, 5.74) is 10.9. The van der Waals surface area contributed by atoms with Crippen LogP contribution in [0.3, 0.4) is 0 Å². The second kappa shape index (κ2) is 4.20. The number of nitrogens with one attached hydrogen (secondary N) is 4. The fraction of sp³-hybridized carbons (Fsp3) is 0.857. The van der Waals surface area contributed by atoms with Gasteiger partial charge in [-0.3, -0.25) is 4.79 Å². The number of hydrazine groups is 3. The van der Waals surface area contributed by atoms with Crippen molar-refractivity contribution in [1.82, 2.24) is 26.8 Å². The maximum absolute atomic E-state index is 11.7. The average Bonchev–Trinajstić information content (AvgIpc) is 2.64. The van der Waals surface area contributed by atoms with Gasteiger partial charge in [0.25, 0.3) is 5.91 Å². The van der Waals surface area contributed by atoms with Gasteiger partial charge in [0.2, 0.25) is 0 Å². The van der Waals surface area contributed by atoms with E-state index in [0.717, 1.165) is 12.8 Å². The molecule has 2 heterocycles. The van der Waals surface area contributed by atoms with Crippen molar-refractivity contribution in [1.29, 1.82) is 0 Å². The van der Waals surface area contributed by atoms with E-state index in [1.165, 1.54) is 0 Å². The molecule has 0 radical (unpaired) electrons. The number of amides is 1. The molecule has 80 valence electrons. The number of aliphatic hydroxyl groups is 1. The Morgan fingerprint density at radius 2 is 2.00 bits per heavy atom. The number of aliphatic hydroxyl groups excluding tert-OH is 1. The molecule has 1 amide bonds. The van der Waals surface area contributed by atoms with E-state index in [1.807, 2.05) is 0 Å². The summed E-state index contributed by atoms with van der Waals surface area (Å²) >= 11 is 0. The molecule has 2 fully saturated rings. The molecule has 2 aliphatic rings. The molecular weight excluding hydrogens is 186 g/mol. The predicted molar refractivity (Wildman–Crippen MR) is 47.9 cm³/mol. The number of nitrogens with zero attached hydrogens (tertiary/aromatic N) is 1. The minimum Gasteiger partial charge on any atom is -0.383 e. The van der Waals surface area contributed by atoms with E-state index in [4.69, 9.17) is 0 Å². The topological polar surface area (TPSA) is 88.7 Å². The second-order valence-electron chi connectivity index (χ2n) is 3.48. The summed E-state index contributed by atoms with van der Waals surface area (Å²) in [5, 5.41) is 9.50. The Morgan fingerprint density at radius 3 is 2.71 bits per heavy atom. The lowest BCUT2D eigenvalue weighted by Gasteiger charge is -2.27. The van der Waals surface area contributed by atoms with Crippen LogP contribution in [-0.2, 0) is 4.79 Å². The van der Waals surface area contributed by atoms with Crippen molar-refractivity contribution >= 4 is 5.91 Å². The smallest absolute Gasteiger partial charge is 0.253 e. The van der Waals surface area contributed by atoms with Crippen molar-refractivity contribution in [3.05, 3.63) is 0 Å². The van der Waals surface area contributed by atoms with Crippen LogP contribution >= 0.6 is 0 Å². The van der Waals surface area contributed by atoms with Crippen molar-refractivity contribution in [3.63, 3.8) is 0 Å². The number of carbonyl (C=O) groups excluding carboxylic acids is 1. The van der Waals surface area contributed by atoms with Gasteiger partial charge in [0, 0.05) is 6.54 Å². The monoisotopic (exact) mass is 201 g/mol. The van der Waals surface area contributed by atoms with Crippen LogP contribution < -0.4 is 21.9 Å². The third-order valence-corrected chi connectivity index (χ3v) is 2.49. The maximum Gasteiger partial charge on any atom is 0.253 e. The highest BCUT2D eigenvalue weighted by atomic mass is 16.3. The van der Waals surface area contributed by atoms with Crippen LogP contribution in [0.4, 0.5) is 0 Å². The maximum atomic E-state index is 11.7. The fourth-order valence-corrected chi connectivity index (χ4v) is 1.70. The summed E-state index contributed by atoms with van der Waals surface area (Å²) in [6.07, 6.45) is 1.21. The zero-order valence-electron chi connectivity index (χ0n) is 7.79. The van der Waals surface area contributed by atoms with Gasteiger partial charge in [0.1, 0.15) is 6.10 Å². The van der Waals surface area contributed by atoms with Gasteiger partial charge < -0.3 is 10.0 Å². The molecule has 0 saturated carbocycles. The fourth-order valence-electron chi connectivity index (χ4n) is 1.70. The molecule has 1 atom stereocenters. The lowest BCUT2D eigenvalue weighted by molar-refractivity contribution is -0.142. The zero-order chi connectivity index (χ0) is 9.97. The Kier molecular flexibility index (Phi) is 2.94. The van der Waals surface area contributed by atoms with E-state index < -0.39 is 6.10 Å². The standard InChI is InChI=1S/C7H15N5O2/c13-5-3-1-2-4-12(6(5)14)7-8-10-11-9-7/h5,7-11,13H,1-4H2/t5-/m0/s1. The van der Waals surface area contributed by atoms with Crippen LogP contribution in [0.15, 0.2) is 0 Å². The van der Waals surface area contributed by atoms with Crippen LogP contribution in [0, 0.1) is 0 Å². The third-order valence-electron chi connectivity index (χ3n) is 2.49. The van der Waals surface area contributed by atoms with Crippen molar-refractivity contribution in [2.75, 3.05) is 6.54 Å². The number of rotatable bonds is 1. The van der Waals surface area contributed by atoms with Crippen molar-refractivity contribution in [2.45, 2.75) is 31.7 Å². The number of hydrogen-bond donors (Lipinski definition) is 5. The summed E-state index contributed by atoms with van der Waals surface area (Å²) in [5.74, 6) is -0.224. The molecule has 14 heavy (non-hydrogen) atoms. The van der Waals surface area contributed by atoms with E-state index in [-0.39, 0.29) is 12.2 Å². The van der Waals surface area contributed by atoms with Gasteiger partial charge in [-0.25, -0.2) is 10.9 Å². The van der Waals surface area contributed by atoms with Gasteiger partial charge in [-0.2, -0.15) is 11.1 Å². The highest BCUT2D eigenvalue weighted by molar-refractivity contribution is 5.81. The van der Waals surface area contributed by atoms with E-state index in [0.29, 0.717) is 13.0 Å². The molecule has 0 aromatic carbocycles. The summed E-state index contributed by atoms with van der Waals surface area (Å²) in [6, 6.07) is 0. The minimum absolute atomic E-state index is 0.224. The summed E-state index contributed by atoms with van der Waals surface area (Å²) < 4.78 is 0. The van der Waals surface area contributed by atoms with Crippen molar-refractivity contribution in [2.24, 2.45) is 0 Å². The first-order chi connectivity index (χ1) is 6.79. The molecule has 0 aromatic heterocycles. The van der Waals surface area contributed by atoms with Crippen molar-refractivity contribution < 1.29 is 9.90 Å². The van der Waals surface area contributed by atoms with E-state index in [2.05, 4.69) is 21.9 Å². The number of carbonyl (C=O) groups is 1. The Bertz CT molecular complexity index is 218. The molecular formula is C7H15N5O2. The first kappa shape index (κ1) is 9.81. The first-order valence-corrected chi connectivity index (χ1v) is 4.78. The lowest BCUT2D eigenvalue weighted by Crippen LogP contribution is -2.54. The predicted octanol–water partition coefficient (Wildman–Crippen LogP) is -2.24. The van der Waals surface area contributed by atoms with Gasteiger partial charge in [-0.15, -0.1) is 0 Å². The van der Waals surface area contributed by atoms with Gasteiger partial charge in [0.05, 0.1) is 0 Å². The van der Waals surface area contributed by atoms with E-state index in [1.54, 1.807) is 4.90 Å². The SMILES string of the molecule is O=C1[C@@H](O)CCCCN1C1NNNN1. The molecule has 2 aliphatic heterocycles. The molecule has 7 nitrogen and oxygen atoms in total. The Labute approximate surface area is 81.7 Å². The third kappa shape index (κ3) is 1.86. The molecule has 5 N–H and O–H groups in total. The van der Waals surface area contributed by atoms with E-state index in [9.17, 15) is 9.90 Å². The quantitative estimate of drug-likeness (QED) is 0.330. The molecule has 0 bridgehead atoms. The van der Waals surface area contributed by atoms with Crippen LogP contribution in [0.25, 0.3) is 0 Å². The van der Waals surface area contributed by atoms with Gasteiger partial charge in [-0.05, 0) is 19.3 Å². The molecule has 0 spiro atoms. The summed E-state index contributed by atoms with van der Waals surface area (Å²) in [7, 11) is 0. The Balaban J connectivity index is 2.03. The highest BCUT2D eigenvalue weighted by Gasteiger charge is 2.31. The van der Waals surface area contributed by atoms with Crippen LogP contribution in [0.1, 0.15) is 19.3 Å². The highest BCUT2D eigenvalue weighted by Crippen LogP contribution is 2.13. The van der Waals surface area contributed by atoms with Crippen LogP contribution in [0.2, 0.25) is 0 Å². The largest absolute Gasteiger partial charge is 0.383 e. The number of hydrogen-bond acceptors (Lipinski definition) is 6. The van der Waals surface area contributed by atoms with Gasteiger partial charge in [0.15, 0.2) is 6.29 Å². The lowest BCUT2D eigenvalue weighted by atomic mass is 10.2. The Hall–Kier alpha value is -0.730. The molecule has 7 heteroatoms. The molecule has 0 aromatic rings. The average molecular weight is 201 g/mol. The minimum atomic E-state index is -0.860. The molecule has 0 unspecified atom stereocenters. The summed E-state index contributed by atoms with van der Waals surface area (Å²) in [4.78, 5) is 13.3. The summed E-state index contributed by atoms with van der Waals surface area (Å²) in [6.45, 7) is 0.657. The first-order valence-electron chi connectivity index (χ1n) is 4.78. The Morgan fingerprint density at radius 1 is 1.29 bits per heavy atom. The van der Waals surface area contributed by atoms with E-state index >= 15 is 0 Å². The molecule has 2 rings (SSSR count). The molecule has 2 saturated heterocycles.